The van der Waals surface area contributed by atoms with Gasteiger partial charge in [-0.1, -0.05) is 31.5 Å². The maximum Gasteiger partial charge on any atom is 0.220 e. The van der Waals surface area contributed by atoms with Crippen molar-refractivity contribution in [1.82, 2.24) is 15.0 Å². The first-order valence-electron chi connectivity index (χ1n) is 6.47. The molecule has 0 bridgehead atoms. The molecular formula is C15H16N4. The summed E-state index contributed by atoms with van der Waals surface area (Å²) >= 11 is 0. The molecule has 4 heteroatoms. The smallest absolute Gasteiger partial charge is 0.220 e. The highest BCUT2D eigenvalue weighted by molar-refractivity contribution is 5.95. The molecule has 0 amide bonds. The molecular weight excluding hydrogens is 236 g/mol. The first-order valence-corrected chi connectivity index (χ1v) is 6.47. The summed E-state index contributed by atoms with van der Waals surface area (Å²) < 4.78 is 0. The molecule has 0 radical (unpaired) electrons. The van der Waals surface area contributed by atoms with Gasteiger partial charge >= 0.3 is 0 Å². The number of nitrogens with zero attached hydrogens (tertiary/aromatic N) is 2. The Hall–Kier alpha value is -2.36. The van der Waals surface area contributed by atoms with E-state index in [1.54, 1.807) is 0 Å². The number of benzene rings is 1. The summed E-state index contributed by atoms with van der Waals surface area (Å²) in [6, 6.07) is 8.20. The van der Waals surface area contributed by atoms with Crippen LogP contribution >= 0.6 is 0 Å². The minimum atomic E-state index is 0.320. The molecule has 0 unspecified atom stereocenters. The second-order valence-corrected chi connectivity index (χ2v) is 4.60. The number of aromatic nitrogens is 3. The Labute approximate surface area is 111 Å². The summed E-state index contributed by atoms with van der Waals surface area (Å²) in [6.45, 7) is 2.15. The van der Waals surface area contributed by atoms with Gasteiger partial charge in [-0.25, -0.2) is 9.97 Å². The summed E-state index contributed by atoms with van der Waals surface area (Å²) in [6.07, 6.45) is 5.84. The highest BCUT2D eigenvalue weighted by atomic mass is 15.0. The SMILES string of the molecule is CCCc1cnc(N)nc1-c1c[nH]c2ccccc12. The zero-order chi connectivity index (χ0) is 13.2. The van der Waals surface area contributed by atoms with Crippen molar-refractivity contribution in [1.29, 1.82) is 0 Å². The van der Waals surface area contributed by atoms with Crippen molar-refractivity contribution in [2.24, 2.45) is 0 Å². The number of H-pyrrole nitrogens is 1. The Morgan fingerprint density at radius 3 is 2.95 bits per heavy atom. The fourth-order valence-corrected chi connectivity index (χ4v) is 2.37. The van der Waals surface area contributed by atoms with Crippen LogP contribution in [0.25, 0.3) is 22.2 Å². The van der Waals surface area contributed by atoms with Crippen molar-refractivity contribution in [3.63, 3.8) is 0 Å². The maximum absolute atomic E-state index is 5.74. The van der Waals surface area contributed by atoms with Gasteiger partial charge in [0.1, 0.15) is 0 Å². The van der Waals surface area contributed by atoms with Gasteiger partial charge in [0.15, 0.2) is 0 Å². The molecule has 0 saturated carbocycles. The molecule has 0 aliphatic rings. The first kappa shape index (κ1) is 11.7. The van der Waals surface area contributed by atoms with Crippen molar-refractivity contribution in [2.75, 3.05) is 5.73 Å². The third-order valence-corrected chi connectivity index (χ3v) is 3.25. The fraction of sp³-hybridized carbons (Fsp3) is 0.200. The van der Waals surface area contributed by atoms with Crippen LogP contribution in [-0.2, 0) is 6.42 Å². The summed E-state index contributed by atoms with van der Waals surface area (Å²) in [5.74, 6) is 0.320. The molecule has 2 heterocycles. The van der Waals surface area contributed by atoms with Gasteiger partial charge in [0, 0.05) is 28.9 Å². The number of aryl methyl sites for hydroxylation is 1. The third-order valence-electron chi connectivity index (χ3n) is 3.25. The molecule has 2 aromatic heterocycles. The Morgan fingerprint density at radius 1 is 1.26 bits per heavy atom. The third kappa shape index (κ3) is 2.05. The van der Waals surface area contributed by atoms with Gasteiger partial charge in [-0.3, -0.25) is 0 Å². The van der Waals surface area contributed by atoms with E-state index in [0.717, 1.165) is 40.6 Å². The van der Waals surface area contributed by atoms with Crippen LogP contribution in [0.4, 0.5) is 5.95 Å². The number of anilines is 1. The number of nitrogens with one attached hydrogen (secondary N) is 1. The summed E-state index contributed by atoms with van der Waals surface area (Å²) in [7, 11) is 0. The van der Waals surface area contributed by atoms with E-state index in [-0.39, 0.29) is 0 Å². The van der Waals surface area contributed by atoms with Crippen molar-refractivity contribution < 1.29 is 0 Å². The molecule has 0 aliphatic carbocycles. The van der Waals surface area contributed by atoms with E-state index in [2.05, 4.69) is 34.0 Å². The minimum absolute atomic E-state index is 0.320. The predicted molar refractivity (Wildman–Crippen MR) is 77.7 cm³/mol. The molecule has 0 atom stereocenters. The maximum atomic E-state index is 5.74. The van der Waals surface area contributed by atoms with Gasteiger partial charge in [0.2, 0.25) is 5.95 Å². The number of hydrogen-bond acceptors (Lipinski definition) is 3. The standard InChI is InChI=1S/C15H16N4/c1-2-5-10-8-18-15(16)19-14(10)12-9-17-13-7-4-3-6-11(12)13/h3-4,6-9,17H,2,5H2,1H3,(H2,16,18,19). The van der Waals surface area contributed by atoms with Gasteiger partial charge in [-0.15, -0.1) is 0 Å². The molecule has 0 aliphatic heterocycles. The number of fused-ring (bicyclic) bond motifs is 1. The molecule has 3 N–H and O–H groups in total. The Bertz CT molecular complexity index is 715. The zero-order valence-corrected chi connectivity index (χ0v) is 10.9. The molecule has 19 heavy (non-hydrogen) atoms. The average Bonchev–Trinajstić information content (AvgIpc) is 2.85. The lowest BCUT2D eigenvalue weighted by molar-refractivity contribution is 0.906. The minimum Gasteiger partial charge on any atom is -0.368 e. The van der Waals surface area contributed by atoms with E-state index >= 15 is 0 Å². The molecule has 0 saturated heterocycles. The molecule has 0 spiro atoms. The van der Waals surface area contributed by atoms with Crippen LogP contribution in [-0.4, -0.2) is 15.0 Å². The van der Waals surface area contributed by atoms with E-state index in [0.29, 0.717) is 5.95 Å². The Morgan fingerprint density at radius 2 is 2.11 bits per heavy atom. The van der Waals surface area contributed by atoms with Crippen LogP contribution in [0, 0.1) is 0 Å². The van der Waals surface area contributed by atoms with Crippen molar-refractivity contribution >= 4 is 16.9 Å². The van der Waals surface area contributed by atoms with Crippen molar-refractivity contribution in [3.05, 3.63) is 42.2 Å². The lowest BCUT2D eigenvalue weighted by atomic mass is 10.0. The number of para-hydroxylation sites is 1. The normalized spacial score (nSPS) is 11.0. The van der Waals surface area contributed by atoms with E-state index in [9.17, 15) is 0 Å². The monoisotopic (exact) mass is 252 g/mol. The molecule has 0 fully saturated rings. The van der Waals surface area contributed by atoms with Gasteiger partial charge in [-0.2, -0.15) is 0 Å². The Balaban J connectivity index is 2.23. The van der Waals surface area contributed by atoms with E-state index < -0.39 is 0 Å². The van der Waals surface area contributed by atoms with Gasteiger partial charge in [-0.05, 0) is 18.1 Å². The van der Waals surface area contributed by atoms with E-state index in [1.165, 1.54) is 0 Å². The second-order valence-electron chi connectivity index (χ2n) is 4.60. The number of nitrogen functional groups attached to an aromatic ring is 1. The van der Waals surface area contributed by atoms with Crippen LogP contribution in [0.1, 0.15) is 18.9 Å². The van der Waals surface area contributed by atoms with Gasteiger partial charge in [0.05, 0.1) is 5.69 Å². The van der Waals surface area contributed by atoms with Crippen LogP contribution in [0.5, 0.6) is 0 Å². The largest absolute Gasteiger partial charge is 0.368 e. The van der Waals surface area contributed by atoms with Crippen LogP contribution < -0.4 is 5.73 Å². The highest BCUT2D eigenvalue weighted by Crippen LogP contribution is 2.30. The molecule has 3 aromatic rings. The summed E-state index contributed by atoms with van der Waals surface area (Å²) in [5, 5.41) is 1.16. The average molecular weight is 252 g/mol. The molecule has 96 valence electrons. The predicted octanol–water partition coefficient (Wildman–Crippen LogP) is 3.16. The van der Waals surface area contributed by atoms with E-state index in [1.807, 2.05) is 24.5 Å². The lowest BCUT2D eigenvalue weighted by Crippen LogP contribution is -2.00. The lowest BCUT2D eigenvalue weighted by Gasteiger charge is -2.07. The highest BCUT2D eigenvalue weighted by Gasteiger charge is 2.12. The topological polar surface area (TPSA) is 67.6 Å². The number of aromatic amines is 1. The van der Waals surface area contributed by atoms with Gasteiger partial charge in [0.25, 0.3) is 0 Å². The van der Waals surface area contributed by atoms with Crippen molar-refractivity contribution in [2.45, 2.75) is 19.8 Å². The number of nitrogens with two attached hydrogens (primary N) is 1. The summed E-state index contributed by atoms with van der Waals surface area (Å²) in [5.41, 5.74) is 10.0. The molecule has 3 rings (SSSR count). The summed E-state index contributed by atoms with van der Waals surface area (Å²) in [4.78, 5) is 11.8. The van der Waals surface area contributed by atoms with Crippen LogP contribution in [0.2, 0.25) is 0 Å². The quantitative estimate of drug-likeness (QED) is 0.752. The number of rotatable bonds is 3. The van der Waals surface area contributed by atoms with Crippen LogP contribution in [0.15, 0.2) is 36.7 Å². The molecule has 1 aromatic carbocycles. The fourth-order valence-electron chi connectivity index (χ4n) is 2.37. The van der Waals surface area contributed by atoms with Crippen molar-refractivity contribution in [3.8, 4) is 11.3 Å². The number of hydrogen-bond donors (Lipinski definition) is 2. The zero-order valence-electron chi connectivity index (χ0n) is 10.9. The van der Waals surface area contributed by atoms with Gasteiger partial charge < -0.3 is 10.7 Å². The van der Waals surface area contributed by atoms with E-state index in [4.69, 9.17) is 5.73 Å². The molecule has 4 nitrogen and oxygen atoms in total. The van der Waals surface area contributed by atoms with Crippen LogP contribution in [0.3, 0.4) is 0 Å². The second kappa shape index (κ2) is 4.72. The first-order chi connectivity index (χ1) is 9.29. The Kier molecular flexibility index (Phi) is 2.91.